The van der Waals surface area contributed by atoms with Crippen LogP contribution in [-0.4, -0.2) is 34.4 Å². The van der Waals surface area contributed by atoms with Gasteiger partial charge in [-0.25, -0.2) is 4.98 Å². The molecule has 2 rings (SSSR count). The molecule has 1 fully saturated rings. The monoisotopic (exact) mass is 244 g/mol. The van der Waals surface area contributed by atoms with Gasteiger partial charge in [0.05, 0.1) is 11.6 Å². The first-order chi connectivity index (χ1) is 8.61. The molecule has 0 aromatic carbocycles. The van der Waals surface area contributed by atoms with Crippen molar-refractivity contribution in [2.75, 3.05) is 11.9 Å². The summed E-state index contributed by atoms with van der Waals surface area (Å²) in [5, 5.41) is 12.2. The Morgan fingerprint density at radius 1 is 1.61 bits per heavy atom. The lowest BCUT2D eigenvalue weighted by molar-refractivity contribution is -0.129. The van der Waals surface area contributed by atoms with Gasteiger partial charge in [-0.1, -0.05) is 0 Å². The van der Waals surface area contributed by atoms with Crippen LogP contribution in [0.5, 0.6) is 0 Å². The number of nitrogens with one attached hydrogen (secondary N) is 1. The van der Waals surface area contributed by atoms with E-state index in [9.17, 15) is 4.79 Å². The van der Waals surface area contributed by atoms with Gasteiger partial charge in [0.2, 0.25) is 5.91 Å². The summed E-state index contributed by atoms with van der Waals surface area (Å²) < 4.78 is 0. The summed E-state index contributed by atoms with van der Waals surface area (Å²) >= 11 is 0. The number of amides is 1. The Balaban J connectivity index is 2.08. The molecule has 1 aliphatic rings. The van der Waals surface area contributed by atoms with Gasteiger partial charge in [-0.2, -0.15) is 5.26 Å². The molecule has 0 aliphatic carbocycles. The van der Waals surface area contributed by atoms with Crippen LogP contribution in [0.4, 0.5) is 5.82 Å². The predicted octanol–water partition coefficient (Wildman–Crippen LogP) is 1.37. The highest BCUT2D eigenvalue weighted by molar-refractivity contribution is 5.80. The maximum absolute atomic E-state index is 11.8. The van der Waals surface area contributed by atoms with Crippen molar-refractivity contribution in [1.29, 1.82) is 5.26 Å². The molecule has 0 radical (unpaired) electrons. The minimum Gasteiger partial charge on any atom is -0.364 e. The average molecular weight is 244 g/mol. The third-order valence-corrected chi connectivity index (χ3v) is 3.05. The topological polar surface area (TPSA) is 69.0 Å². The maximum atomic E-state index is 11.8. The van der Waals surface area contributed by atoms with Gasteiger partial charge in [-0.15, -0.1) is 0 Å². The molecular formula is C13H16N4O. The highest BCUT2D eigenvalue weighted by atomic mass is 16.2. The van der Waals surface area contributed by atoms with Crippen molar-refractivity contribution in [3.8, 4) is 6.07 Å². The van der Waals surface area contributed by atoms with Crippen molar-refractivity contribution in [1.82, 2.24) is 9.88 Å². The molecule has 0 saturated carbocycles. The second-order valence-electron chi connectivity index (χ2n) is 4.70. The molecule has 1 N–H and O–H groups in total. The van der Waals surface area contributed by atoms with Gasteiger partial charge in [0, 0.05) is 25.2 Å². The second kappa shape index (κ2) is 5.05. The Morgan fingerprint density at radius 2 is 2.39 bits per heavy atom. The fourth-order valence-electron chi connectivity index (χ4n) is 2.13. The Kier molecular flexibility index (Phi) is 3.47. The molecule has 0 unspecified atom stereocenters. The number of pyridine rings is 1. The molecule has 1 amide bonds. The van der Waals surface area contributed by atoms with E-state index in [1.807, 2.05) is 18.7 Å². The standard InChI is InChI=1S/C13H16N4O/c1-9(2)17-8-11(6-12(17)18)16-13-10(7-14)4-3-5-15-13/h3-5,9,11H,6,8H2,1-2H3,(H,15,16)/t11-/m1/s1. The molecule has 1 saturated heterocycles. The smallest absolute Gasteiger partial charge is 0.225 e. The van der Waals surface area contributed by atoms with E-state index in [0.717, 1.165) is 0 Å². The van der Waals surface area contributed by atoms with Gasteiger partial charge in [0.25, 0.3) is 0 Å². The summed E-state index contributed by atoms with van der Waals surface area (Å²) in [6, 6.07) is 5.77. The van der Waals surface area contributed by atoms with E-state index in [1.165, 1.54) is 0 Å². The van der Waals surface area contributed by atoms with E-state index in [2.05, 4.69) is 16.4 Å². The second-order valence-corrected chi connectivity index (χ2v) is 4.70. The van der Waals surface area contributed by atoms with Crippen molar-refractivity contribution in [3.05, 3.63) is 23.9 Å². The lowest BCUT2D eigenvalue weighted by Crippen LogP contribution is -2.33. The summed E-state index contributed by atoms with van der Waals surface area (Å²) in [4.78, 5) is 17.8. The Labute approximate surface area is 106 Å². The van der Waals surface area contributed by atoms with Crippen LogP contribution in [0.3, 0.4) is 0 Å². The third kappa shape index (κ3) is 2.43. The molecule has 1 aromatic rings. The SMILES string of the molecule is CC(C)N1C[C@H](Nc2ncccc2C#N)CC1=O. The Hall–Kier alpha value is -2.09. The molecule has 1 aromatic heterocycles. The molecule has 0 spiro atoms. The fraction of sp³-hybridized carbons (Fsp3) is 0.462. The summed E-state index contributed by atoms with van der Waals surface area (Å²) in [5.41, 5.74) is 0.507. The van der Waals surface area contributed by atoms with E-state index in [4.69, 9.17) is 5.26 Å². The molecule has 94 valence electrons. The highest BCUT2D eigenvalue weighted by Gasteiger charge is 2.31. The predicted molar refractivity (Wildman–Crippen MR) is 67.8 cm³/mol. The van der Waals surface area contributed by atoms with Gasteiger partial charge in [0.15, 0.2) is 0 Å². The Morgan fingerprint density at radius 3 is 3.00 bits per heavy atom. The number of likely N-dealkylation sites (tertiary alicyclic amines) is 1. The summed E-state index contributed by atoms with van der Waals surface area (Å²) in [6.45, 7) is 4.67. The van der Waals surface area contributed by atoms with Gasteiger partial charge in [0.1, 0.15) is 11.9 Å². The number of anilines is 1. The molecule has 1 aliphatic heterocycles. The summed E-state index contributed by atoms with van der Waals surface area (Å²) in [5.74, 6) is 0.709. The summed E-state index contributed by atoms with van der Waals surface area (Å²) in [7, 11) is 0. The van der Waals surface area contributed by atoms with Crippen molar-refractivity contribution in [3.63, 3.8) is 0 Å². The minimum absolute atomic E-state index is 0.0295. The molecule has 18 heavy (non-hydrogen) atoms. The van der Waals surface area contributed by atoms with Crippen LogP contribution in [0.25, 0.3) is 0 Å². The number of hydrogen-bond acceptors (Lipinski definition) is 4. The number of rotatable bonds is 3. The van der Waals surface area contributed by atoms with E-state index >= 15 is 0 Å². The zero-order valence-electron chi connectivity index (χ0n) is 10.6. The van der Waals surface area contributed by atoms with E-state index in [0.29, 0.717) is 24.3 Å². The minimum atomic E-state index is 0.0295. The van der Waals surface area contributed by atoms with Crippen molar-refractivity contribution < 1.29 is 4.79 Å². The summed E-state index contributed by atoms with van der Waals surface area (Å²) in [6.07, 6.45) is 2.10. The Bertz CT molecular complexity index is 492. The lowest BCUT2D eigenvalue weighted by Gasteiger charge is -2.21. The fourth-order valence-corrected chi connectivity index (χ4v) is 2.13. The van der Waals surface area contributed by atoms with E-state index in [-0.39, 0.29) is 18.0 Å². The molecule has 0 bridgehead atoms. The zero-order valence-corrected chi connectivity index (χ0v) is 10.6. The van der Waals surface area contributed by atoms with Gasteiger partial charge < -0.3 is 10.2 Å². The molecule has 5 heteroatoms. The van der Waals surface area contributed by atoms with Crippen molar-refractivity contribution in [2.24, 2.45) is 0 Å². The first-order valence-corrected chi connectivity index (χ1v) is 6.03. The number of nitriles is 1. The normalized spacial score (nSPS) is 19.1. The zero-order chi connectivity index (χ0) is 13.1. The van der Waals surface area contributed by atoms with Crippen LogP contribution in [0.15, 0.2) is 18.3 Å². The number of aromatic nitrogens is 1. The third-order valence-electron chi connectivity index (χ3n) is 3.05. The van der Waals surface area contributed by atoms with Crippen LogP contribution in [0, 0.1) is 11.3 Å². The first-order valence-electron chi connectivity index (χ1n) is 6.03. The van der Waals surface area contributed by atoms with Crippen LogP contribution in [0.2, 0.25) is 0 Å². The van der Waals surface area contributed by atoms with Crippen LogP contribution < -0.4 is 5.32 Å². The van der Waals surface area contributed by atoms with Gasteiger partial charge >= 0.3 is 0 Å². The van der Waals surface area contributed by atoms with Crippen molar-refractivity contribution >= 4 is 11.7 Å². The number of carbonyl (C=O) groups is 1. The van der Waals surface area contributed by atoms with Gasteiger partial charge in [-0.05, 0) is 26.0 Å². The molecule has 5 nitrogen and oxygen atoms in total. The molecular weight excluding hydrogens is 228 g/mol. The first kappa shape index (κ1) is 12.4. The number of hydrogen-bond donors (Lipinski definition) is 1. The van der Waals surface area contributed by atoms with Crippen LogP contribution in [0.1, 0.15) is 25.8 Å². The average Bonchev–Trinajstić information content (AvgIpc) is 2.71. The van der Waals surface area contributed by atoms with Gasteiger partial charge in [-0.3, -0.25) is 4.79 Å². The number of carbonyl (C=O) groups excluding carboxylic acids is 1. The lowest BCUT2D eigenvalue weighted by atomic mass is 10.2. The molecule has 1 atom stereocenters. The van der Waals surface area contributed by atoms with Crippen molar-refractivity contribution in [2.45, 2.75) is 32.4 Å². The molecule has 2 heterocycles. The largest absolute Gasteiger partial charge is 0.364 e. The highest BCUT2D eigenvalue weighted by Crippen LogP contribution is 2.19. The van der Waals surface area contributed by atoms with Crippen LogP contribution in [-0.2, 0) is 4.79 Å². The quantitative estimate of drug-likeness (QED) is 0.872. The van der Waals surface area contributed by atoms with Crippen LogP contribution >= 0.6 is 0 Å². The number of nitrogens with zero attached hydrogens (tertiary/aromatic N) is 3. The van der Waals surface area contributed by atoms with E-state index < -0.39 is 0 Å². The maximum Gasteiger partial charge on any atom is 0.225 e. The van der Waals surface area contributed by atoms with E-state index in [1.54, 1.807) is 18.3 Å².